The number of hydrogen-bond acceptors (Lipinski definition) is 6. The van der Waals surface area contributed by atoms with E-state index in [9.17, 15) is 4.79 Å². The standard InChI is InChI=1S/C14H30N3O4.K/c1-14(2)17-6-10-21-12-11-20-8-4-15-3-7-19-9-5-16-13-18;/h14-15,17H,3-12H2,1-2H3,(H,16,18);/q-1;+1. The number of carbonyl (C=O) groups excluding carboxylic acids is 1. The summed E-state index contributed by atoms with van der Waals surface area (Å²) in [6.45, 7) is 10.9. The second kappa shape index (κ2) is 21.9. The summed E-state index contributed by atoms with van der Waals surface area (Å²) in [7, 11) is 0. The van der Waals surface area contributed by atoms with E-state index in [4.69, 9.17) is 14.2 Å². The van der Waals surface area contributed by atoms with Crippen molar-refractivity contribution >= 4 is 6.41 Å². The molecule has 0 aromatic heterocycles. The van der Waals surface area contributed by atoms with E-state index in [-0.39, 0.29) is 51.4 Å². The van der Waals surface area contributed by atoms with Crippen LogP contribution in [0.15, 0.2) is 0 Å². The molecule has 22 heavy (non-hydrogen) atoms. The van der Waals surface area contributed by atoms with Crippen LogP contribution in [-0.2, 0) is 19.0 Å². The van der Waals surface area contributed by atoms with Crippen LogP contribution in [0.2, 0.25) is 0 Å². The van der Waals surface area contributed by atoms with Crippen LogP contribution in [0.4, 0.5) is 0 Å². The fourth-order valence-electron chi connectivity index (χ4n) is 1.43. The molecule has 0 aromatic rings. The molecule has 0 radical (unpaired) electrons. The second-order valence-corrected chi connectivity index (χ2v) is 4.72. The summed E-state index contributed by atoms with van der Waals surface area (Å²) >= 11 is 0. The minimum Gasteiger partial charge on any atom is -0.528 e. The van der Waals surface area contributed by atoms with Gasteiger partial charge in [-0.3, -0.25) is 0 Å². The molecule has 8 heteroatoms. The molecular formula is C14H30KN3O4. The van der Waals surface area contributed by atoms with Crippen LogP contribution in [0.5, 0.6) is 0 Å². The van der Waals surface area contributed by atoms with Gasteiger partial charge in [-0.15, -0.1) is 0 Å². The Labute approximate surface area is 177 Å². The molecule has 0 aromatic carbocycles. The summed E-state index contributed by atoms with van der Waals surface area (Å²) in [5.74, 6) is 0. The van der Waals surface area contributed by atoms with E-state index in [1.165, 1.54) is 0 Å². The van der Waals surface area contributed by atoms with E-state index in [1.54, 1.807) is 6.41 Å². The van der Waals surface area contributed by atoms with Crippen molar-refractivity contribution < 1.29 is 70.4 Å². The second-order valence-electron chi connectivity index (χ2n) is 4.72. The molecule has 0 bridgehead atoms. The normalized spacial score (nSPS) is 10.5. The van der Waals surface area contributed by atoms with Gasteiger partial charge in [-0.1, -0.05) is 13.8 Å². The predicted molar refractivity (Wildman–Crippen MR) is 82.2 cm³/mol. The zero-order valence-electron chi connectivity index (χ0n) is 14.3. The predicted octanol–water partition coefficient (Wildman–Crippen LogP) is -3.72. The van der Waals surface area contributed by atoms with Gasteiger partial charge in [0.15, 0.2) is 0 Å². The van der Waals surface area contributed by atoms with E-state index in [1.807, 2.05) is 0 Å². The molecule has 126 valence electrons. The minimum atomic E-state index is 0. The fraction of sp³-hybridized carbons (Fsp3) is 0.929. The van der Waals surface area contributed by atoms with Gasteiger partial charge in [0.05, 0.1) is 39.6 Å². The van der Waals surface area contributed by atoms with Crippen LogP contribution < -0.4 is 67.3 Å². The SMILES string of the molecule is CC(C)NCCOCCOCCNCCOCCN[C-]=O.[K+]. The number of hydrogen-bond donors (Lipinski definition) is 3. The Morgan fingerprint density at radius 1 is 0.818 bits per heavy atom. The zero-order chi connectivity index (χ0) is 15.6. The van der Waals surface area contributed by atoms with Gasteiger partial charge < -0.3 is 35.0 Å². The maximum absolute atomic E-state index is 9.84. The summed E-state index contributed by atoms with van der Waals surface area (Å²) in [4.78, 5) is 9.84. The van der Waals surface area contributed by atoms with Gasteiger partial charge in [-0.25, -0.2) is 0 Å². The van der Waals surface area contributed by atoms with E-state index in [0.29, 0.717) is 52.2 Å². The molecule has 0 spiro atoms. The molecule has 0 unspecified atom stereocenters. The van der Waals surface area contributed by atoms with Crippen molar-refractivity contribution in [2.24, 2.45) is 0 Å². The molecule has 1 amide bonds. The molecule has 0 fully saturated rings. The van der Waals surface area contributed by atoms with Gasteiger partial charge in [-0.2, -0.15) is 6.41 Å². The largest absolute Gasteiger partial charge is 1.00 e. The molecule has 3 N–H and O–H groups in total. The quantitative estimate of drug-likeness (QED) is 0.109. The summed E-state index contributed by atoms with van der Waals surface area (Å²) in [5, 5.41) is 8.89. The molecule has 0 saturated heterocycles. The van der Waals surface area contributed by atoms with Crippen LogP contribution in [-0.4, -0.2) is 78.3 Å². The van der Waals surface area contributed by atoms with Crippen molar-refractivity contribution in [2.75, 3.05) is 65.8 Å². The zero-order valence-corrected chi connectivity index (χ0v) is 17.4. The fourth-order valence-corrected chi connectivity index (χ4v) is 1.43. The molecule has 7 nitrogen and oxygen atoms in total. The number of nitrogens with one attached hydrogen (secondary N) is 3. The molecule has 0 aliphatic carbocycles. The van der Waals surface area contributed by atoms with E-state index in [2.05, 4.69) is 29.8 Å². The van der Waals surface area contributed by atoms with E-state index >= 15 is 0 Å². The van der Waals surface area contributed by atoms with Crippen LogP contribution in [0, 0.1) is 0 Å². The minimum absolute atomic E-state index is 0. The van der Waals surface area contributed by atoms with Gasteiger partial charge in [-0.05, 0) is 0 Å². The van der Waals surface area contributed by atoms with Crippen LogP contribution in [0.25, 0.3) is 0 Å². The molecule has 0 saturated carbocycles. The smallest absolute Gasteiger partial charge is 0.528 e. The Morgan fingerprint density at radius 3 is 1.86 bits per heavy atom. The Balaban J connectivity index is 0. The van der Waals surface area contributed by atoms with Gasteiger partial charge in [0.1, 0.15) is 0 Å². The number of amides is 1. The molecule has 0 heterocycles. The van der Waals surface area contributed by atoms with Crippen molar-refractivity contribution in [3.05, 3.63) is 0 Å². The summed E-state index contributed by atoms with van der Waals surface area (Å²) in [6, 6.07) is 0.500. The molecule has 0 aliphatic heterocycles. The average molecular weight is 344 g/mol. The summed E-state index contributed by atoms with van der Waals surface area (Å²) < 4.78 is 16.1. The maximum Gasteiger partial charge on any atom is 1.00 e. The maximum atomic E-state index is 9.84. The van der Waals surface area contributed by atoms with Gasteiger partial charge in [0, 0.05) is 32.2 Å². The average Bonchev–Trinajstić information content (AvgIpc) is 2.46. The van der Waals surface area contributed by atoms with Gasteiger partial charge in [0.25, 0.3) is 0 Å². The number of ether oxygens (including phenoxy) is 3. The third kappa shape index (κ3) is 23.2. The summed E-state index contributed by atoms with van der Waals surface area (Å²) in [6.07, 6.45) is 1.59. The van der Waals surface area contributed by atoms with Crippen molar-refractivity contribution in [3.63, 3.8) is 0 Å². The first-order valence-corrected chi connectivity index (χ1v) is 7.54. The summed E-state index contributed by atoms with van der Waals surface area (Å²) in [5.41, 5.74) is 0. The van der Waals surface area contributed by atoms with Gasteiger partial charge in [0.2, 0.25) is 0 Å². The van der Waals surface area contributed by atoms with Crippen molar-refractivity contribution in [3.8, 4) is 0 Å². The Morgan fingerprint density at radius 2 is 1.32 bits per heavy atom. The van der Waals surface area contributed by atoms with Crippen molar-refractivity contribution in [1.82, 2.24) is 16.0 Å². The third-order valence-electron chi connectivity index (χ3n) is 2.46. The Hall–Kier alpha value is 0.906. The number of rotatable bonds is 17. The monoisotopic (exact) mass is 343 g/mol. The first kappa shape index (κ1) is 25.2. The van der Waals surface area contributed by atoms with Crippen LogP contribution in [0.1, 0.15) is 13.8 Å². The Bertz CT molecular complexity index is 224. The molecule has 0 aliphatic rings. The third-order valence-corrected chi connectivity index (χ3v) is 2.46. The molecular weight excluding hydrogens is 313 g/mol. The molecule has 0 atom stereocenters. The van der Waals surface area contributed by atoms with Crippen LogP contribution >= 0.6 is 0 Å². The molecule has 0 rings (SSSR count). The first-order valence-electron chi connectivity index (χ1n) is 7.54. The van der Waals surface area contributed by atoms with Crippen LogP contribution in [0.3, 0.4) is 0 Å². The Kier molecular flexibility index (Phi) is 25.0. The van der Waals surface area contributed by atoms with Gasteiger partial charge >= 0.3 is 51.4 Å². The van der Waals surface area contributed by atoms with Crippen molar-refractivity contribution in [1.29, 1.82) is 0 Å². The first-order chi connectivity index (χ1) is 10.3. The van der Waals surface area contributed by atoms with E-state index in [0.717, 1.165) is 19.6 Å². The van der Waals surface area contributed by atoms with Crippen molar-refractivity contribution in [2.45, 2.75) is 19.9 Å². The van der Waals surface area contributed by atoms with E-state index < -0.39 is 0 Å². The topological polar surface area (TPSA) is 80.8 Å².